The molecule has 0 bridgehead atoms. The van der Waals surface area contributed by atoms with Gasteiger partial charge < -0.3 is 15.7 Å². The first kappa shape index (κ1) is 5.37. The quantitative estimate of drug-likeness (QED) is 0.380. The predicted molar refractivity (Wildman–Crippen MR) is 27.2 cm³/mol. The predicted octanol–water partition coefficient (Wildman–Crippen LogP) is -0.992. The average molecular weight is 116 g/mol. The number of aliphatic hydroxyl groups is 1. The van der Waals surface area contributed by atoms with Gasteiger partial charge in [-0.1, -0.05) is 0 Å². The maximum atomic E-state index is 10.3. The molecule has 46 valence electrons. The number of amides is 2. The van der Waals surface area contributed by atoms with E-state index in [0.29, 0.717) is 13.0 Å². The third-order valence-electron chi connectivity index (χ3n) is 1.00. The number of urea groups is 1. The molecule has 1 saturated heterocycles. The zero-order valence-electron chi connectivity index (χ0n) is 4.35. The summed E-state index contributed by atoms with van der Waals surface area (Å²) in [6, 6.07) is -0.288. The lowest BCUT2D eigenvalue weighted by Gasteiger charge is -2.18. The molecule has 0 spiro atoms. The van der Waals surface area contributed by atoms with E-state index in [1.807, 2.05) is 0 Å². The van der Waals surface area contributed by atoms with Gasteiger partial charge >= 0.3 is 6.03 Å². The molecule has 8 heavy (non-hydrogen) atoms. The molecule has 0 saturated carbocycles. The fourth-order valence-corrected chi connectivity index (χ4v) is 0.597. The van der Waals surface area contributed by atoms with E-state index >= 15 is 0 Å². The molecule has 4 nitrogen and oxygen atoms in total. The number of hydrogen-bond acceptors (Lipinski definition) is 2. The van der Waals surface area contributed by atoms with Crippen molar-refractivity contribution in [1.82, 2.24) is 10.6 Å². The fourth-order valence-electron chi connectivity index (χ4n) is 0.597. The van der Waals surface area contributed by atoms with Crippen LogP contribution in [0.3, 0.4) is 0 Å². The Balaban J connectivity index is 2.34. The molecular formula is C4H8N2O2. The molecular weight excluding hydrogens is 108 g/mol. The fraction of sp³-hybridized carbons (Fsp3) is 0.750. The van der Waals surface area contributed by atoms with Gasteiger partial charge in [-0.05, 0) is 0 Å². The molecule has 1 unspecified atom stereocenters. The summed E-state index contributed by atoms with van der Waals surface area (Å²) < 4.78 is 0. The number of aliphatic hydroxyl groups excluding tert-OH is 1. The lowest BCUT2D eigenvalue weighted by atomic mass is 10.3. The van der Waals surface area contributed by atoms with Gasteiger partial charge in [-0.25, -0.2) is 4.79 Å². The molecule has 1 heterocycles. The highest BCUT2D eigenvalue weighted by Crippen LogP contribution is 1.89. The first-order valence-corrected chi connectivity index (χ1v) is 2.51. The second-order valence-corrected chi connectivity index (χ2v) is 1.70. The summed E-state index contributed by atoms with van der Waals surface area (Å²) in [7, 11) is 0. The normalized spacial score (nSPS) is 28.6. The van der Waals surface area contributed by atoms with Gasteiger partial charge in [-0.3, -0.25) is 0 Å². The van der Waals surface area contributed by atoms with Gasteiger partial charge in [0.25, 0.3) is 0 Å². The van der Waals surface area contributed by atoms with Crippen LogP contribution >= 0.6 is 0 Å². The Morgan fingerprint density at radius 2 is 2.50 bits per heavy atom. The molecule has 0 aliphatic carbocycles. The highest BCUT2D eigenvalue weighted by Gasteiger charge is 2.12. The van der Waals surface area contributed by atoms with Crippen molar-refractivity contribution >= 4 is 6.03 Å². The Hall–Kier alpha value is -0.770. The second kappa shape index (κ2) is 2.00. The van der Waals surface area contributed by atoms with Crippen molar-refractivity contribution in [1.29, 1.82) is 0 Å². The van der Waals surface area contributed by atoms with Crippen molar-refractivity contribution < 1.29 is 9.90 Å². The number of carbonyl (C=O) groups is 1. The van der Waals surface area contributed by atoms with Crippen LogP contribution in [0.25, 0.3) is 0 Å². The van der Waals surface area contributed by atoms with E-state index in [4.69, 9.17) is 5.11 Å². The SMILES string of the molecule is O=C1NCCC(O)N1. The van der Waals surface area contributed by atoms with Gasteiger partial charge in [-0.15, -0.1) is 0 Å². The minimum Gasteiger partial charge on any atom is -0.374 e. The van der Waals surface area contributed by atoms with E-state index < -0.39 is 6.23 Å². The largest absolute Gasteiger partial charge is 0.374 e. The van der Waals surface area contributed by atoms with E-state index in [1.165, 1.54) is 0 Å². The third kappa shape index (κ3) is 1.10. The van der Waals surface area contributed by atoms with Crippen molar-refractivity contribution in [2.24, 2.45) is 0 Å². The van der Waals surface area contributed by atoms with Crippen molar-refractivity contribution in [2.45, 2.75) is 12.6 Å². The van der Waals surface area contributed by atoms with E-state index in [1.54, 1.807) is 0 Å². The van der Waals surface area contributed by atoms with Crippen LogP contribution in [-0.4, -0.2) is 23.9 Å². The molecule has 4 heteroatoms. The Morgan fingerprint density at radius 3 is 2.88 bits per heavy atom. The summed E-state index contributed by atoms with van der Waals surface area (Å²) in [5.74, 6) is 0. The highest BCUT2D eigenvalue weighted by molar-refractivity contribution is 5.74. The monoisotopic (exact) mass is 116 g/mol. The summed E-state index contributed by atoms with van der Waals surface area (Å²) in [6.07, 6.45) is -0.0603. The average Bonchev–Trinajstić information content (AvgIpc) is 1.64. The summed E-state index contributed by atoms with van der Waals surface area (Å²) in [6.45, 7) is 0.562. The summed E-state index contributed by atoms with van der Waals surface area (Å²) in [5.41, 5.74) is 0. The van der Waals surface area contributed by atoms with E-state index in [2.05, 4.69) is 10.6 Å². The Labute approximate surface area is 46.9 Å². The topological polar surface area (TPSA) is 61.4 Å². The van der Waals surface area contributed by atoms with Gasteiger partial charge in [0.1, 0.15) is 6.23 Å². The lowest BCUT2D eigenvalue weighted by molar-refractivity contribution is 0.119. The van der Waals surface area contributed by atoms with Crippen LogP contribution in [0.5, 0.6) is 0 Å². The summed E-state index contributed by atoms with van der Waals surface area (Å²) in [4.78, 5) is 10.3. The van der Waals surface area contributed by atoms with Crippen LogP contribution in [0.1, 0.15) is 6.42 Å². The zero-order valence-corrected chi connectivity index (χ0v) is 4.35. The molecule has 1 aliphatic rings. The minimum atomic E-state index is -0.649. The van der Waals surface area contributed by atoms with Gasteiger partial charge in [-0.2, -0.15) is 0 Å². The smallest absolute Gasteiger partial charge is 0.316 e. The first-order valence-electron chi connectivity index (χ1n) is 2.51. The zero-order chi connectivity index (χ0) is 5.98. The van der Waals surface area contributed by atoms with Crippen molar-refractivity contribution in [3.63, 3.8) is 0 Å². The van der Waals surface area contributed by atoms with Crippen LogP contribution < -0.4 is 10.6 Å². The van der Waals surface area contributed by atoms with E-state index in [0.717, 1.165) is 0 Å². The molecule has 1 aliphatic heterocycles. The number of hydrogen-bond donors (Lipinski definition) is 3. The number of rotatable bonds is 0. The third-order valence-corrected chi connectivity index (χ3v) is 1.00. The summed E-state index contributed by atoms with van der Waals surface area (Å²) in [5, 5.41) is 13.5. The Kier molecular flexibility index (Phi) is 1.34. The molecule has 3 N–H and O–H groups in total. The minimum absolute atomic E-state index is 0.288. The van der Waals surface area contributed by atoms with Crippen LogP contribution in [0.15, 0.2) is 0 Å². The van der Waals surface area contributed by atoms with Crippen LogP contribution in [0.4, 0.5) is 4.79 Å². The van der Waals surface area contributed by atoms with Gasteiger partial charge in [0, 0.05) is 13.0 Å². The van der Waals surface area contributed by atoms with E-state index in [-0.39, 0.29) is 6.03 Å². The van der Waals surface area contributed by atoms with Crippen LogP contribution in [0, 0.1) is 0 Å². The molecule has 1 fully saturated rings. The van der Waals surface area contributed by atoms with E-state index in [9.17, 15) is 4.79 Å². The molecule has 0 aromatic rings. The number of nitrogens with one attached hydrogen (secondary N) is 2. The first-order chi connectivity index (χ1) is 3.79. The van der Waals surface area contributed by atoms with Gasteiger partial charge in [0.15, 0.2) is 0 Å². The Bertz CT molecular complexity index is 104. The molecule has 1 atom stereocenters. The van der Waals surface area contributed by atoms with Crippen LogP contribution in [0.2, 0.25) is 0 Å². The molecule has 1 rings (SSSR count). The maximum absolute atomic E-state index is 10.3. The number of carbonyl (C=O) groups excluding carboxylic acids is 1. The second-order valence-electron chi connectivity index (χ2n) is 1.70. The molecule has 0 aromatic carbocycles. The van der Waals surface area contributed by atoms with Gasteiger partial charge in [0.05, 0.1) is 0 Å². The van der Waals surface area contributed by atoms with Gasteiger partial charge in [0.2, 0.25) is 0 Å². The highest BCUT2D eigenvalue weighted by atomic mass is 16.3. The maximum Gasteiger partial charge on any atom is 0.316 e. The van der Waals surface area contributed by atoms with Crippen molar-refractivity contribution in [3.05, 3.63) is 0 Å². The van der Waals surface area contributed by atoms with Crippen molar-refractivity contribution in [3.8, 4) is 0 Å². The van der Waals surface area contributed by atoms with Crippen molar-refractivity contribution in [2.75, 3.05) is 6.54 Å². The molecule has 0 aromatic heterocycles. The molecule has 2 amide bonds. The van der Waals surface area contributed by atoms with Crippen LogP contribution in [-0.2, 0) is 0 Å². The summed E-state index contributed by atoms with van der Waals surface area (Å²) >= 11 is 0. The molecule has 0 radical (unpaired) electrons. The Morgan fingerprint density at radius 1 is 1.75 bits per heavy atom. The lowest BCUT2D eigenvalue weighted by Crippen LogP contribution is -2.48. The standard InChI is InChI=1S/C4H8N2O2/c7-3-1-2-5-4(8)6-3/h3,7H,1-2H2,(H2,5,6,8).